The Morgan fingerprint density at radius 1 is 1.35 bits per heavy atom. The van der Waals surface area contributed by atoms with E-state index < -0.39 is 10.1 Å². The minimum absolute atomic E-state index is 0.0976. The average Bonchev–Trinajstić information content (AvgIpc) is 2.74. The van der Waals surface area contributed by atoms with Crippen LogP contribution < -0.4 is 0 Å². The first-order chi connectivity index (χ1) is 7.95. The maximum absolute atomic E-state index is 11.7. The molecule has 0 aliphatic heterocycles. The molecule has 0 unspecified atom stereocenters. The van der Waals surface area contributed by atoms with Gasteiger partial charge in [0.2, 0.25) is 0 Å². The Bertz CT molecular complexity index is 685. The van der Waals surface area contributed by atoms with Crippen molar-refractivity contribution < 1.29 is 17.4 Å². The van der Waals surface area contributed by atoms with Gasteiger partial charge >= 0.3 is 0 Å². The minimum Gasteiger partial charge on any atom is -0.361 e. The molecule has 0 saturated carbocycles. The Morgan fingerprint density at radius 2 is 2.06 bits per heavy atom. The van der Waals surface area contributed by atoms with Gasteiger partial charge in [-0.3, -0.25) is 8.98 Å². The quantitative estimate of drug-likeness (QED) is 0.667. The van der Waals surface area contributed by atoms with Crippen LogP contribution in [0.4, 0.5) is 0 Å². The molecule has 0 spiro atoms. The number of ketones is 1. The third kappa shape index (κ3) is 1.96. The lowest BCUT2D eigenvalue weighted by molar-refractivity contribution is 0.101. The third-order valence-corrected chi connectivity index (χ3v) is 3.84. The predicted octanol–water partition coefficient (Wildman–Crippen LogP) is 1.71. The summed E-state index contributed by atoms with van der Waals surface area (Å²) in [6.45, 7) is 1.32. The molecule has 0 bridgehead atoms. The summed E-state index contributed by atoms with van der Waals surface area (Å²) in [7, 11) is -2.81. The van der Waals surface area contributed by atoms with Gasteiger partial charge in [0, 0.05) is 22.7 Å². The zero-order valence-corrected chi connectivity index (χ0v) is 10.2. The topological polar surface area (TPSA) is 76.2 Å². The Kier molecular flexibility index (Phi) is 2.76. The van der Waals surface area contributed by atoms with Crippen molar-refractivity contribution in [1.29, 1.82) is 0 Å². The average molecular weight is 253 g/mol. The fraction of sp³-hybridized carbons (Fsp3) is 0.182. The molecular formula is C11H11NO4S. The lowest BCUT2D eigenvalue weighted by Crippen LogP contribution is -2.09. The van der Waals surface area contributed by atoms with Gasteiger partial charge in [-0.25, -0.2) is 0 Å². The van der Waals surface area contributed by atoms with Crippen LogP contribution in [-0.2, 0) is 14.3 Å². The van der Waals surface area contributed by atoms with Crippen LogP contribution in [0.2, 0.25) is 0 Å². The van der Waals surface area contributed by atoms with E-state index in [0.717, 1.165) is 7.11 Å². The van der Waals surface area contributed by atoms with Gasteiger partial charge in [0.15, 0.2) is 5.78 Å². The second kappa shape index (κ2) is 3.97. The number of carbonyl (C=O) groups is 1. The normalized spacial score (nSPS) is 11.9. The molecule has 1 aromatic heterocycles. The van der Waals surface area contributed by atoms with E-state index in [4.69, 9.17) is 0 Å². The number of aromatic nitrogens is 1. The number of rotatable bonds is 3. The van der Waals surface area contributed by atoms with E-state index in [-0.39, 0.29) is 16.2 Å². The molecule has 2 rings (SSSR count). The smallest absolute Gasteiger partial charge is 0.297 e. The molecule has 1 aromatic carbocycles. The number of carbonyl (C=O) groups excluding carboxylic acids is 1. The van der Waals surface area contributed by atoms with Crippen LogP contribution in [0, 0.1) is 0 Å². The highest BCUT2D eigenvalue weighted by Crippen LogP contribution is 2.24. The summed E-state index contributed by atoms with van der Waals surface area (Å²) < 4.78 is 27.9. The summed E-state index contributed by atoms with van der Waals surface area (Å²) in [5, 5.41) is 0.714. The van der Waals surface area contributed by atoms with Crippen molar-refractivity contribution in [1.82, 2.24) is 4.98 Å². The van der Waals surface area contributed by atoms with Gasteiger partial charge in [0.05, 0.1) is 7.11 Å². The van der Waals surface area contributed by atoms with Crippen LogP contribution in [0.1, 0.15) is 17.3 Å². The number of nitrogens with one attached hydrogen (secondary N) is 1. The molecule has 0 saturated heterocycles. The summed E-state index contributed by atoms with van der Waals surface area (Å²) in [5.41, 5.74) is 0.840. The van der Waals surface area contributed by atoms with Gasteiger partial charge in [-0.15, -0.1) is 0 Å². The van der Waals surface area contributed by atoms with Crippen molar-refractivity contribution in [2.45, 2.75) is 11.8 Å². The van der Waals surface area contributed by atoms with Crippen molar-refractivity contribution >= 4 is 26.8 Å². The molecule has 6 heteroatoms. The summed E-state index contributed by atoms with van der Waals surface area (Å²) >= 11 is 0. The molecule has 5 nitrogen and oxygen atoms in total. The number of H-pyrrole nitrogens is 1. The van der Waals surface area contributed by atoms with Crippen LogP contribution >= 0.6 is 0 Å². The van der Waals surface area contributed by atoms with Crippen molar-refractivity contribution in [2.24, 2.45) is 0 Å². The number of fused-ring (bicyclic) bond motifs is 1. The number of aromatic amines is 1. The SMILES string of the molecule is COS(=O)(=O)c1cc2cc[nH]c2cc1C(C)=O. The number of hydrogen-bond donors (Lipinski definition) is 1. The Morgan fingerprint density at radius 3 is 2.65 bits per heavy atom. The standard InChI is InChI=1S/C11H11NO4S/c1-7(13)9-6-10-8(3-4-12-10)5-11(9)17(14,15)16-2/h3-6,12H,1-2H3. The highest BCUT2D eigenvalue weighted by molar-refractivity contribution is 7.86. The predicted molar refractivity (Wildman–Crippen MR) is 62.5 cm³/mol. The van der Waals surface area contributed by atoms with Crippen LogP contribution in [0.25, 0.3) is 10.9 Å². The highest BCUT2D eigenvalue weighted by atomic mass is 32.2. The number of hydrogen-bond acceptors (Lipinski definition) is 4. The molecule has 0 radical (unpaired) electrons. The summed E-state index contributed by atoms with van der Waals surface area (Å²) in [6, 6.07) is 4.68. The Labute approximate surface area is 98.5 Å². The van der Waals surface area contributed by atoms with E-state index in [1.54, 1.807) is 12.3 Å². The minimum atomic E-state index is -3.88. The fourth-order valence-electron chi connectivity index (χ4n) is 1.65. The zero-order valence-electron chi connectivity index (χ0n) is 9.35. The van der Waals surface area contributed by atoms with Gasteiger partial charge in [-0.1, -0.05) is 0 Å². The second-order valence-electron chi connectivity index (χ2n) is 3.59. The number of benzene rings is 1. The molecule has 0 aliphatic carbocycles. The van der Waals surface area contributed by atoms with Crippen LogP contribution in [0.3, 0.4) is 0 Å². The molecular weight excluding hydrogens is 242 g/mol. The third-order valence-electron chi connectivity index (χ3n) is 2.52. The molecule has 17 heavy (non-hydrogen) atoms. The fourth-order valence-corrected chi connectivity index (χ4v) is 2.57. The Balaban J connectivity index is 2.84. The Hall–Kier alpha value is -1.66. The summed E-state index contributed by atoms with van der Waals surface area (Å²) in [6.07, 6.45) is 1.68. The lowest BCUT2D eigenvalue weighted by Gasteiger charge is -2.06. The lowest BCUT2D eigenvalue weighted by atomic mass is 10.1. The first kappa shape index (κ1) is 11.8. The van der Waals surface area contributed by atoms with Gasteiger partial charge < -0.3 is 4.98 Å². The first-order valence-corrected chi connectivity index (χ1v) is 6.29. The van der Waals surface area contributed by atoms with E-state index in [1.165, 1.54) is 19.1 Å². The summed E-state index contributed by atoms with van der Waals surface area (Å²) in [4.78, 5) is 14.3. The van der Waals surface area contributed by atoms with Crippen molar-refractivity contribution in [3.63, 3.8) is 0 Å². The van der Waals surface area contributed by atoms with Crippen LogP contribution in [0.5, 0.6) is 0 Å². The van der Waals surface area contributed by atoms with E-state index in [2.05, 4.69) is 9.17 Å². The van der Waals surface area contributed by atoms with Gasteiger partial charge in [0.1, 0.15) is 4.90 Å². The maximum atomic E-state index is 11.7. The molecule has 0 aliphatic rings. The van der Waals surface area contributed by atoms with Gasteiger partial charge in [-0.2, -0.15) is 8.42 Å². The second-order valence-corrected chi connectivity index (χ2v) is 5.27. The van der Waals surface area contributed by atoms with Gasteiger partial charge in [0.25, 0.3) is 10.1 Å². The zero-order chi connectivity index (χ0) is 12.6. The molecule has 0 atom stereocenters. The van der Waals surface area contributed by atoms with Crippen LogP contribution in [-0.4, -0.2) is 26.3 Å². The van der Waals surface area contributed by atoms with E-state index in [1.807, 2.05) is 0 Å². The maximum Gasteiger partial charge on any atom is 0.297 e. The van der Waals surface area contributed by atoms with Gasteiger partial charge in [-0.05, 0) is 25.1 Å². The van der Waals surface area contributed by atoms with Crippen molar-refractivity contribution in [3.05, 3.63) is 30.0 Å². The van der Waals surface area contributed by atoms with Crippen LogP contribution in [0.15, 0.2) is 29.3 Å². The van der Waals surface area contributed by atoms with E-state index in [0.29, 0.717) is 10.9 Å². The van der Waals surface area contributed by atoms with Crippen molar-refractivity contribution in [2.75, 3.05) is 7.11 Å². The van der Waals surface area contributed by atoms with E-state index >= 15 is 0 Å². The molecule has 90 valence electrons. The number of Topliss-reactive ketones (excluding diaryl/α,β-unsaturated/α-hetero) is 1. The molecule has 1 N–H and O–H groups in total. The van der Waals surface area contributed by atoms with E-state index in [9.17, 15) is 13.2 Å². The monoisotopic (exact) mass is 253 g/mol. The molecule has 0 fully saturated rings. The summed E-state index contributed by atoms with van der Waals surface area (Å²) in [5.74, 6) is -0.322. The molecule has 1 heterocycles. The highest BCUT2D eigenvalue weighted by Gasteiger charge is 2.21. The molecule has 2 aromatic rings. The largest absolute Gasteiger partial charge is 0.361 e. The van der Waals surface area contributed by atoms with Crippen molar-refractivity contribution in [3.8, 4) is 0 Å². The molecule has 0 amide bonds. The first-order valence-electron chi connectivity index (χ1n) is 4.88.